The van der Waals surface area contributed by atoms with Gasteiger partial charge < -0.3 is 0 Å². The normalized spacial score (nSPS) is 23.0. The highest BCUT2D eigenvalue weighted by Crippen LogP contribution is 2.41. The average molecular weight is 445 g/mol. The maximum atomic E-state index is 2.38. The van der Waals surface area contributed by atoms with Gasteiger partial charge in [0.05, 0.1) is 0 Å². The van der Waals surface area contributed by atoms with Gasteiger partial charge in [0.1, 0.15) is 0 Å². The first-order valence-electron chi connectivity index (χ1n) is 12.9. The molecule has 2 aliphatic carbocycles. The summed E-state index contributed by atoms with van der Waals surface area (Å²) in [5.74, 6) is 0. The largest absolute Gasteiger partial charge is 0.0696 e. The first kappa shape index (κ1) is 27.2. The summed E-state index contributed by atoms with van der Waals surface area (Å²) in [5.41, 5.74) is 10.6. The lowest BCUT2D eigenvalue weighted by molar-refractivity contribution is 0.376. The van der Waals surface area contributed by atoms with Gasteiger partial charge in [-0.25, -0.2) is 0 Å². The Morgan fingerprint density at radius 1 is 0.606 bits per heavy atom. The first-order chi connectivity index (χ1) is 15.4. The standard InChI is InChI=1S/C33H48/c1-25(17-18-27(3)20-22-31-29(5)16-12-24-33(31,8)9)13-10-14-26(2)19-21-30-28(4)15-11-23-32(30,6)7/h10,13-14,17-22H,11-12,15-16,23-24H2,1-9H3. The van der Waals surface area contributed by atoms with Crippen LogP contribution in [0.1, 0.15) is 101 Å². The molecule has 0 heterocycles. The fourth-order valence-electron chi connectivity index (χ4n) is 5.23. The molecule has 2 rings (SSSR count). The molecule has 0 aromatic heterocycles. The fourth-order valence-corrected chi connectivity index (χ4v) is 5.23. The molecule has 0 fully saturated rings. The van der Waals surface area contributed by atoms with Crippen LogP contribution in [0.15, 0.2) is 93.7 Å². The number of hydrogen-bond donors (Lipinski definition) is 0. The van der Waals surface area contributed by atoms with Gasteiger partial charge in [-0.2, -0.15) is 0 Å². The molecule has 0 saturated carbocycles. The molecule has 2 aliphatic rings. The van der Waals surface area contributed by atoms with Crippen LogP contribution in [0.2, 0.25) is 0 Å². The minimum atomic E-state index is 0.300. The predicted molar refractivity (Wildman–Crippen MR) is 149 cm³/mol. The Morgan fingerprint density at radius 3 is 1.42 bits per heavy atom. The minimum Gasteiger partial charge on any atom is -0.0696 e. The minimum absolute atomic E-state index is 0.300. The van der Waals surface area contributed by atoms with Gasteiger partial charge in [-0.15, -0.1) is 0 Å². The van der Waals surface area contributed by atoms with Crippen molar-refractivity contribution in [2.75, 3.05) is 0 Å². The molecule has 0 saturated heterocycles. The molecule has 0 amide bonds. The van der Waals surface area contributed by atoms with Crippen molar-refractivity contribution < 1.29 is 0 Å². The van der Waals surface area contributed by atoms with E-state index in [2.05, 4.69) is 117 Å². The van der Waals surface area contributed by atoms with Gasteiger partial charge in [-0.1, -0.05) is 110 Å². The van der Waals surface area contributed by atoms with Crippen LogP contribution in [0.3, 0.4) is 0 Å². The van der Waals surface area contributed by atoms with E-state index in [0.717, 1.165) is 0 Å². The Kier molecular flexibility index (Phi) is 9.77. The molecule has 0 nitrogen and oxygen atoms in total. The van der Waals surface area contributed by atoms with Crippen LogP contribution in [-0.4, -0.2) is 0 Å². The SMILES string of the molecule is CC(C=CC1=C(C)CCCC1(C)C)=CC=CC(C)=CC=C(C)C=CC1=C(C)CCCC1(C)C. The smallest absolute Gasteiger partial charge is 0.0104 e. The van der Waals surface area contributed by atoms with Crippen molar-refractivity contribution in [3.8, 4) is 0 Å². The second-order valence-electron chi connectivity index (χ2n) is 11.6. The zero-order valence-corrected chi connectivity index (χ0v) is 22.9. The molecule has 33 heavy (non-hydrogen) atoms. The van der Waals surface area contributed by atoms with Gasteiger partial charge in [0, 0.05) is 0 Å². The molecule has 0 aliphatic heterocycles. The summed E-state index contributed by atoms with van der Waals surface area (Å²) < 4.78 is 0. The molecule has 0 atom stereocenters. The van der Waals surface area contributed by atoms with Crippen molar-refractivity contribution in [1.29, 1.82) is 0 Å². The van der Waals surface area contributed by atoms with E-state index < -0.39 is 0 Å². The van der Waals surface area contributed by atoms with Crippen LogP contribution < -0.4 is 0 Å². The first-order valence-corrected chi connectivity index (χ1v) is 12.9. The third kappa shape index (κ3) is 8.33. The van der Waals surface area contributed by atoms with E-state index in [4.69, 9.17) is 0 Å². The van der Waals surface area contributed by atoms with Gasteiger partial charge >= 0.3 is 0 Å². The van der Waals surface area contributed by atoms with Crippen LogP contribution in [0.5, 0.6) is 0 Å². The molecule has 0 unspecified atom stereocenters. The monoisotopic (exact) mass is 444 g/mol. The highest BCUT2D eigenvalue weighted by Gasteiger charge is 2.27. The zero-order valence-electron chi connectivity index (χ0n) is 22.9. The van der Waals surface area contributed by atoms with E-state index in [1.54, 1.807) is 11.1 Å². The quantitative estimate of drug-likeness (QED) is 0.342. The second kappa shape index (κ2) is 11.9. The summed E-state index contributed by atoms with van der Waals surface area (Å²) in [6, 6.07) is 0. The van der Waals surface area contributed by atoms with Gasteiger partial charge in [-0.3, -0.25) is 0 Å². The van der Waals surface area contributed by atoms with Crippen molar-refractivity contribution in [2.24, 2.45) is 10.8 Å². The van der Waals surface area contributed by atoms with E-state index in [1.807, 2.05) is 0 Å². The van der Waals surface area contributed by atoms with E-state index in [0.29, 0.717) is 10.8 Å². The topological polar surface area (TPSA) is 0 Å². The number of hydrogen-bond acceptors (Lipinski definition) is 0. The van der Waals surface area contributed by atoms with Gasteiger partial charge in [0.2, 0.25) is 0 Å². The van der Waals surface area contributed by atoms with Gasteiger partial charge in [0.15, 0.2) is 0 Å². The molecule has 0 spiro atoms. The van der Waals surface area contributed by atoms with Crippen LogP contribution in [0.25, 0.3) is 0 Å². The van der Waals surface area contributed by atoms with Crippen molar-refractivity contribution in [3.05, 3.63) is 93.7 Å². The van der Waals surface area contributed by atoms with E-state index in [9.17, 15) is 0 Å². The van der Waals surface area contributed by atoms with Gasteiger partial charge in [-0.05, 0) is 95.1 Å². The fraction of sp³-hybridized carbons (Fsp3) is 0.515. The summed E-state index contributed by atoms with van der Waals surface area (Å²) in [5, 5.41) is 0. The van der Waals surface area contributed by atoms with E-state index in [1.165, 1.54) is 66.4 Å². The summed E-state index contributed by atoms with van der Waals surface area (Å²) >= 11 is 0. The molecular formula is C33H48. The lowest BCUT2D eigenvalue weighted by Crippen LogP contribution is -2.19. The molecule has 180 valence electrons. The molecule has 0 radical (unpaired) electrons. The maximum absolute atomic E-state index is 2.38. The lowest BCUT2D eigenvalue weighted by atomic mass is 9.72. The molecule has 0 heteroatoms. The molecule has 0 N–H and O–H groups in total. The predicted octanol–water partition coefficient (Wildman–Crippen LogP) is 10.5. The highest BCUT2D eigenvalue weighted by atomic mass is 14.3. The van der Waals surface area contributed by atoms with Gasteiger partial charge in [0.25, 0.3) is 0 Å². The maximum Gasteiger partial charge on any atom is -0.0104 e. The van der Waals surface area contributed by atoms with Crippen LogP contribution in [-0.2, 0) is 0 Å². The van der Waals surface area contributed by atoms with Crippen LogP contribution >= 0.6 is 0 Å². The van der Waals surface area contributed by atoms with Crippen molar-refractivity contribution in [1.82, 2.24) is 0 Å². The lowest BCUT2D eigenvalue weighted by Gasteiger charge is -2.33. The second-order valence-corrected chi connectivity index (χ2v) is 11.6. The van der Waals surface area contributed by atoms with Crippen LogP contribution in [0, 0.1) is 10.8 Å². The molecular weight excluding hydrogens is 396 g/mol. The van der Waals surface area contributed by atoms with Crippen molar-refractivity contribution >= 4 is 0 Å². The number of rotatable bonds is 7. The Morgan fingerprint density at radius 2 is 1.00 bits per heavy atom. The van der Waals surface area contributed by atoms with E-state index >= 15 is 0 Å². The Hall–Kier alpha value is -2.08. The van der Waals surface area contributed by atoms with E-state index in [-0.39, 0.29) is 0 Å². The summed E-state index contributed by atoms with van der Waals surface area (Å²) in [6.45, 7) is 20.6. The highest BCUT2D eigenvalue weighted by molar-refractivity contribution is 5.39. The molecule has 0 aromatic rings. The zero-order chi connectivity index (χ0) is 24.6. The summed E-state index contributed by atoms with van der Waals surface area (Å²) in [4.78, 5) is 0. The summed E-state index contributed by atoms with van der Waals surface area (Å²) in [7, 11) is 0. The third-order valence-corrected chi connectivity index (χ3v) is 7.44. The molecule has 0 bridgehead atoms. The van der Waals surface area contributed by atoms with Crippen molar-refractivity contribution in [2.45, 2.75) is 101 Å². The molecule has 0 aromatic carbocycles. The summed E-state index contributed by atoms with van der Waals surface area (Å²) in [6.07, 6.45) is 27.9. The Bertz CT molecular complexity index is 942. The third-order valence-electron chi connectivity index (χ3n) is 7.44. The van der Waals surface area contributed by atoms with Crippen molar-refractivity contribution in [3.63, 3.8) is 0 Å². The number of allylic oxidation sites excluding steroid dienone is 16. The van der Waals surface area contributed by atoms with Crippen LogP contribution in [0.4, 0.5) is 0 Å². The Balaban J connectivity index is 2.00. The Labute approximate surface area is 205 Å². The average Bonchev–Trinajstić information content (AvgIpc) is 2.70.